The minimum absolute atomic E-state index is 0.194. The van der Waals surface area contributed by atoms with E-state index >= 15 is 0 Å². The van der Waals surface area contributed by atoms with Crippen molar-refractivity contribution >= 4 is 45.7 Å². The van der Waals surface area contributed by atoms with Gasteiger partial charge in [-0.25, -0.2) is 0 Å². The zero-order valence-electron chi connectivity index (χ0n) is 16.9. The predicted molar refractivity (Wildman–Crippen MR) is 106 cm³/mol. The molecule has 1 aromatic rings. The van der Waals surface area contributed by atoms with E-state index in [1.165, 1.54) is 19.1 Å². The van der Waals surface area contributed by atoms with E-state index in [1.807, 2.05) is 0 Å². The summed E-state index contributed by atoms with van der Waals surface area (Å²) >= 11 is 3.30. The highest BCUT2D eigenvalue weighted by Gasteiger charge is 2.56. The van der Waals surface area contributed by atoms with E-state index in [0.717, 1.165) is 18.7 Å². The molecule has 10 nitrogen and oxygen atoms in total. The summed E-state index contributed by atoms with van der Waals surface area (Å²) in [4.78, 5) is 61.9. The van der Waals surface area contributed by atoms with E-state index in [4.69, 9.17) is 18.9 Å². The Kier molecular flexibility index (Phi) is 6.75. The monoisotopic (exact) mass is 497 g/mol. The Bertz CT molecular complexity index is 898. The van der Waals surface area contributed by atoms with Crippen LogP contribution in [0.25, 0.3) is 0 Å². The van der Waals surface area contributed by atoms with E-state index in [0.29, 0.717) is 0 Å². The lowest BCUT2D eigenvalue weighted by Crippen LogP contribution is -2.65. The molecule has 0 aromatic heterocycles. The third-order valence-electron chi connectivity index (χ3n) is 4.78. The third kappa shape index (κ3) is 4.62. The van der Waals surface area contributed by atoms with Crippen LogP contribution in [-0.2, 0) is 33.3 Å². The number of carbonyl (C=O) groups excluding carboxylic acids is 5. The summed E-state index contributed by atoms with van der Waals surface area (Å²) in [6.45, 7) is 3.18. The first-order valence-corrected chi connectivity index (χ1v) is 10.3. The van der Waals surface area contributed by atoms with Gasteiger partial charge >= 0.3 is 17.9 Å². The van der Waals surface area contributed by atoms with Gasteiger partial charge in [-0.1, -0.05) is 28.1 Å². The summed E-state index contributed by atoms with van der Waals surface area (Å²) in [5, 5.41) is -1.01. The predicted octanol–water partition coefficient (Wildman–Crippen LogP) is 1.20. The van der Waals surface area contributed by atoms with E-state index < -0.39 is 59.1 Å². The number of amides is 2. The van der Waals surface area contributed by atoms with E-state index in [1.54, 1.807) is 12.1 Å². The molecule has 3 rings (SSSR count). The number of imide groups is 1. The molecule has 0 saturated carbocycles. The van der Waals surface area contributed by atoms with Crippen LogP contribution in [0.5, 0.6) is 0 Å². The molecule has 31 heavy (non-hydrogen) atoms. The lowest BCUT2D eigenvalue weighted by Gasteiger charge is -2.45. The summed E-state index contributed by atoms with van der Waals surface area (Å²) in [6, 6.07) is 5.11. The highest BCUT2D eigenvalue weighted by atomic mass is 79.9. The van der Waals surface area contributed by atoms with Gasteiger partial charge in [0.05, 0.1) is 11.1 Å². The van der Waals surface area contributed by atoms with Gasteiger partial charge < -0.3 is 18.9 Å². The van der Waals surface area contributed by atoms with Crippen molar-refractivity contribution < 1.29 is 42.9 Å². The lowest BCUT2D eigenvalue weighted by molar-refractivity contribution is -0.216. The van der Waals surface area contributed by atoms with Crippen molar-refractivity contribution in [1.82, 2.24) is 4.90 Å². The van der Waals surface area contributed by atoms with Crippen LogP contribution in [0.1, 0.15) is 41.5 Å². The van der Waals surface area contributed by atoms with Gasteiger partial charge in [-0.15, -0.1) is 0 Å². The molecule has 0 unspecified atom stereocenters. The molecule has 0 radical (unpaired) electrons. The Balaban J connectivity index is 2.01. The second kappa shape index (κ2) is 9.15. The number of rotatable bonds is 5. The Morgan fingerprint density at radius 3 is 1.94 bits per heavy atom. The van der Waals surface area contributed by atoms with Gasteiger partial charge in [-0.3, -0.25) is 28.9 Å². The third-order valence-corrected chi connectivity index (χ3v) is 5.54. The first kappa shape index (κ1) is 22.9. The molecule has 0 spiro atoms. The van der Waals surface area contributed by atoms with Crippen LogP contribution < -0.4 is 0 Å². The van der Waals surface area contributed by atoms with Crippen molar-refractivity contribution in [2.45, 2.75) is 50.1 Å². The van der Waals surface area contributed by atoms with Crippen molar-refractivity contribution in [2.75, 3.05) is 6.61 Å². The van der Waals surface area contributed by atoms with Gasteiger partial charge in [0.25, 0.3) is 11.8 Å². The molecular formula is C20H20BrNO9. The first-order valence-electron chi connectivity index (χ1n) is 9.36. The molecule has 0 bridgehead atoms. The first-order chi connectivity index (χ1) is 14.6. The largest absolute Gasteiger partial charge is 0.463 e. The molecule has 2 aliphatic rings. The highest BCUT2D eigenvalue weighted by Crippen LogP contribution is 2.36. The maximum Gasteiger partial charge on any atom is 0.303 e. The minimum atomic E-state index is -1.28. The van der Waals surface area contributed by atoms with Crippen molar-refractivity contribution in [3.05, 3.63) is 35.4 Å². The maximum absolute atomic E-state index is 13.0. The van der Waals surface area contributed by atoms with Gasteiger partial charge in [0, 0.05) is 20.8 Å². The molecule has 1 saturated heterocycles. The van der Waals surface area contributed by atoms with Crippen molar-refractivity contribution in [2.24, 2.45) is 0 Å². The molecule has 1 fully saturated rings. The highest BCUT2D eigenvalue weighted by molar-refractivity contribution is 9.09. The quantitative estimate of drug-likeness (QED) is 0.255. The summed E-state index contributed by atoms with van der Waals surface area (Å²) in [5.74, 6) is -3.24. The number of carbonyl (C=O) groups is 5. The Labute approximate surface area is 185 Å². The molecule has 0 aliphatic carbocycles. The van der Waals surface area contributed by atoms with Gasteiger partial charge in [0.2, 0.25) is 0 Å². The van der Waals surface area contributed by atoms with Crippen molar-refractivity contribution in [3.63, 3.8) is 0 Å². The summed E-state index contributed by atoms with van der Waals surface area (Å²) in [5.41, 5.74) is 0.389. The molecule has 2 heterocycles. The van der Waals surface area contributed by atoms with Gasteiger partial charge in [0.1, 0.15) is 23.8 Å². The second-order valence-electron chi connectivity index (χ2n) is 6.99. The lowest BCUT2D eigenvalue weighted by atomic mass is 9.96. The molecule has 11 heteroatoms. The minimum Gasteiger partial charge on any atom is -0.463 e. The van der Waals surface area contributed by atoms with Crippen molar-refractivity contribution in [1.29, 1.82) is 0 Å². The standard InChI is InChI=1S/C20H20BrNO9/c1-9(23)28-8-14-16(29-10(2)24)17(30-11(3)25)15(18(21)31-14)22-19(26)12-6-4-5-7-13(12)20(22)27/h4-7,14-18H,8H2,1-3H3/t14-,15+,16-,17-,18+/m1/s1. The number of hydrogen-bond donors (Lipinski definition) is 0. The fraction of sp³-hybridized carbons (Fsp3) is 0.450. The SMILES string of the molecule is CC(=O)OC[C@H]1O[C@H](Br)[C@@H](N2C(=O)c3ccccc3C2=O)[C@@H](OC(C)=O)[C@@H]1OC(C)=O. The normalized spacial score (nSPS) is 27.5. The van der Waals surface area contributed by atoms with Crippen molar-refractivity contribution in [3.8, 4) is 0 Å². The topological polar surface area (TPSA) is 126 Å². The number of hydrogen-bond acceptors (Lipinski definition) is 9. The summed E-state index contributed by atoms with van der Waals surface area (Å²) < 4.78 is 21.5. The Hall–Kier alpha value is -2.79. The molecule has 2 aliphatic heterocycles. The van der Waals surface area contributed by atoms with Gasteiger partial charge in [-0.05, 0) is 12.1 Å². The summed E-state index contributed by atoms with van der Waals surface area (Å²) in [7, 11) is 0. The smallest absolute Gasteiger partial charge is 0.303 e. The zero-order chi connectivity index (χ0) is 22.9. The van der Waals surface area contributed by atoms with E-state index in [9.17, 15) is 24.0 Å². The summed E-state index contributed by atoms with van der Waals surface area (Å²) in [6.07, 6.45) is -3.54. The van der Waals surface area contributed by atoms with Gasteiger partial charge in [-0.2, -0.15) is 0 Å². The van der Waals surface area contributed by atoms with E-state index in [-0.39, 0.29) is 17.7 Å². The zero-order valence-corrected chi connectivity index (χ0v) is 18.5. The Morgan fingerprint density at radius 1 is 0.935 bits per heavy atom. The number of esters is 3. The molecule has 2 amide bonds. The molecular weight excluding hydrogens is 478 g/mol. The number of nitrogens with zero attached hydrogens (tertiary/aromatic N) is 1. The van der Waals surface area contributed by atoms with Gasteiger partial charge in [0.15, 0.2) is 12.2 Å². The van der Waals surface area contributed by atoms with Crippen LogP contribution in [0, 0.1) is 0 Å². The number of halogens is 1. The Morgan fingerprint density at radius 2 is 1.45 bits per heavy atom. The maximum atomic E-state index is 13.0. The molecule has 166 valence electrons. The van der Waals surface area contributed by atoms with Crippen LogP contribution in [0.3, 0.4) is 0 Å². The number of benzene rings is 1. The van der Waals surface area contributed by atoms with Crippen LogP contribution in [0.2, 0.25) is 0 Å². The number of alkyl halides is 1. The van der Waals surface area contributed by atoms with Crippen LogP contribution in [0.4, 0.5) is 0 Å². The van der Waals surface area contributed by atoms with Crippen LogP contribution in [0.15, 0.2) is 24.3 Å². The second-order valence-corrected chi connectivity index (χ2v) is 7.90. The fourth-order valence-corrected chi connectivity index (χ4v) is 4.43. The average molecular weight is 498 g/mol. The number of ether oxygens (including phenoxy) is 4. The van der Waals surface area contributed by atoms with E-state index in [2.05, 4.69) is 15.9 Å². The van der Waals surface area contributed by atoms with Crippen LogP contribution >= 0.6 is 15.9 Å². The molecule has 0 N–H and O–H groups in total. The number of fused-ring (bicyclic) bond motifs is 1. The molecule has 1 aromatic carbocycles. The molecule has 5 atom stereocenters. The average Bonchev–Trinajstić information content (AvgIpc) is 2.93. The fourth-order valence-electron chi connectivity index (χ4n) is 3.62. The van der Waals surface area contributed by atoms with Crippen LogP contribution in [-0.4, -0.2) is 70.6 Å².